The van der Waals surface area contributed by atoms with E-state index >= 15 is 0 Å². The molecule has 0 aliphatic heterocycles. The zero-order valence-electron chi connectivity index (χ0n) is 11.3. The van der Waals surface area contributed by atoms with Crippen molar-refractivity contribution in [1.29, 1.82) is 0 Å². The fourth-order valence-corrected chi connectivity index (χ4v) is 2.30. The van der Waals surface area contributed by atoms with Crippen LogP contribution in [0.25, 0.3) is 0 Å². The van der Waals surface area contributed by atoms with Crippen molar-refractivity contribution >= 4 is 0 Å². The van der Waals surface area contributed by atoms with E-state index in [1.165, 1.54) is 19.3 Å². The highest BCUT2D eigenvalue weighted by Crippen LogP contribution is 2.20. The Balaban J connectivity index is 4.31. The Hall–Kier alpha value is -0.0800. The Morgan fingerprint density at radius 1 is 1.13 bits per heavy atom. The van der Waals surface area contributed by atoms with Crippen LogP contribution < -0.4 is 5.32 Å². The third kappa shape index (κ3) is 4.98. The first kappa shape index (κ1) is 14.9. The first-order valence-corrected chi connectivity index (χ1v) is 6.30. The van der Waals surface area contributed by atoms with Gasteiger partial charge >= 0.3 is 0 Å². The van der Waals surface area contributed by atoms with Crippen LogP contribution >= 0.6 is 0 Å². The highest BCUT2D eigenvalue weighted by atomic mass is 16.5. The first-order valence-electron chi connectivity index (χ1n) is 6.30. The van der Waals surface area contributed by atoms with Crippen LogP contribution in [-0.2, 0) is 4.74 Å². The summed E-state index contributed by atoms with van der Waals surface area (Å²) in [6, 6.07) is 0.486. The lowest BCUT2D eigenvalue weighted by Crippen LogP contribution is -2.43. The van der Waals surface area contributed by atoms with Gasteiger partial charge in [0.05, 0.1) is 6.10 Å². The van der Waals surface area contributed by atoms with Gasteiger partial charge in [-0.2, -0.15) is 0 Å². The van der Waals surface area contributed by atoms with E-state index in [1.54, 1.807) is 0 Å². The summed E-state index contributed by atoms with van der Waals surface area (Å²) in [7, 11) is 3.86. The van der Waals surface area contributed by atoms with Crippen LogP contribution in [0, 0.1) is 11.8 Å². The molecule has 0 aliphatic rings. The van der Waals surface area contributed by atoms with Gasteiger partial charge in [-0.05, 0) is 25.3 Å². The molecule has 2 atom stereocenters. The molecule has 1 N–H and O–H groups in total. The van der Waals surface area contributed by atoms with Gasteiger partial charge in [-0.3, -0.25) is 0 Å². The molecule has 15 heavy (non-hydrogen) atoms. The van der Waals surface area contributed by atoms with Crippen molar-refractivity contribution in [3.63, 3.8) is 0 Å². The van der Waals surface area contributed by atoms with Crippen LogP contribution in [-0.4, -0.2) is 26.3 Å². The molecule has 0 radical (unpaired) electrons. The molecule has 0 saturated heterocycles. The van der Waals surface area contributed by atoms with Crippen molar-refractivity contribution in [2.75, 3.05) is 14.2 Å². The van der Waals surface area contributed by atoms with Gasteiger partial charge in [-0.1, -0.05) is 40.5 Å². The van der Waals surface area contributed by atoms with E-state index < -0.39 is 0 Å². The number of rotatable bonds is 8. The van der Waals surface area contributed by atoms with Crippen LogP contribution in [0.4, 0.5) is 0 Å². The zero-order chi connectivity index (χ0) is 11.8. The quantitative estimate of drug-likeness (QED) is 0.672. The van der Waals surface area contributed by atoms with Crippen molar-refractivity contribution < 1.29 is 4.74 Å². The highest BCUT2D eigenvalue weighted by molar-refractivity contribution is 4.80. The first-order chi connectivity index (χ1) is 7.10. The van der Waals surface area contributed by atoms with Gasteiger partial charge < -0.3 is 10.1 Å². The van der Waals surface area contributed by atoms with Crippen molar-refractivity contribution in [3.8, 4) is 0 Å². The number of ether oxygens (including phenoxy) is 1. The Bertz CT molecular complexity index is 143. The average Bonchev–Trinajstić information content (AvgIpc) is 2.23. The van der Waals surface area contributed by atoms with Gasteiger partial charge in [0, 0.05) is 13.2 Å². The number of hydrogen-bond donors (Lipinski definition) is 1. The minimum atomic E-state index is 0.329. The second-order valence-corrected chi connectivity index (χ2v) is 4.76. The predicted molar refractivity (Wildman–Crippen MR) is 67.2 cm³/mol. The lowest BCUT2D eigenvalue weighted by molar-refractivity contribution is 0.0277. The number of methoxy groups -OCH3 is 1. The minimum Gasteiger partial charge on any atom is -0.380 e. The molecule has 2 heteroatoms. The van der Waals surface area contributed by atoms with Crippen LogP contribution in [0.1, 0.15) is 47.0 Å². The fourth-order valence-electron chi connectivity index (χ4n) is 2.30. The van der Waals surface area contributed by atoms with Crippen molar-refractivity contribution in [3.05, 3.63) is 0 Å². The second-order valence-electron chi connectivity index (χ2n) is 4.76. The fraction of sp³-hybridized carbons (Fsp3) is 1.00. The van der Waals surface area contributed by atoms with Crippen molar-refractivity contribution in [2.45, 2.75) is 59.1 Å². The molecule has 0 aromatic heterocycles. The van der Waals surface area contributed by atoms with Gasteiger partial charge in [0.1, 0.15) is 0 Å². The molecule has 0 aliphatic carbocycles. The van der Waals surface area contributed by atoms with Crippen molar-refractivity contribution in [2.24, 2.45) is 11.8 Å². The molecule has 2 unspecified atom stereocenters. The number of nitrogens with one attached hydrogen (secondary N) is 1. The smallest absolute Gasteiger partial charge is 0.0747 e. The molecule has 0 aromatic rings. The van der Waals surface area contributed by atoms with Crippen LogP contribution in [0.2, 0.25) is 0 Å². The maximum atomic E-state index is 5.59. The standard InChI is InChI=1S/C13H29NO/c1-7-11(8-2)9-12(14-5)13(15-6)10(3)4/h10-14H,7-9H2,1-6H3. The molecule has 0 fully saturated rings. The Morgan fingerprint density at radius 2 is 1.67 bits per heavy atom. The van der Waals surface area contributed by atoms with E-state index in [0.29, 0.717) is 18.1 Å². The number of hydrogen-bond acceptors (Lipinski definition) is 2. The lowest BCUT2D eigenvalue weighted by atomic mass is 9.88. The summed E-state index contributed by atoms with van der Waals surface area (Å²) in [5.74, 6) is 1.39. The van der Waals surface area contributed by atoms with Gasteiger partial charge in [0.15, 0.2) is 0 Å². The maximum absolute atomic E-state index is 5.59. The highest BCUT2D eigenvalue weighted by Gasteiger charge is 2.24. The zero-order valence-corrected chi connectivity index (χ0v) is 11.3. The molecule has 0 heterocycles. The second kappa shape index (κ2) is 8.12. The molecule has 0 spiro atoms. The van der Waals surface area contributed by atoms with Crippen LogP contribution in [0.15, 0.2) is 0 Å². The maximum Gasteiger partial charge on any atom is 0.0747 e. The molecular weight excluding hydrogens is 186 g/mol. The summed E-state index contributed by atoms with van der Waals surface area (Å²) in [5, 5.41) is 3.41. The van der Waals surface area contributed by atoms with Gasteiger partial charge in [0.25, 0.3) is 0 Å². The molecule has 0 bridgehead atoms. The molecule has 92 valence electrons. The minimum absolute atomic E-state index is 0.329. The Morgan fingerprint density at radius 3 is 1.93 bits per heavy atom. The monoisotopic (exact) mass is 215 g/mol. The van der Waals surface area contributed by atoms with E-state index in [1.807, 2.05) is 14.2 Å². The molecule has 0 aromatic carbocycles. The van der Waals surface area contributed by atoms with E-state index in [-0.39, 0.29) is 0 Å². The largest absolute Gasteiger partial charge is 0.380 e. The van der Waals surface area contributed by atoms with Gasteiger partial charge in [-0.25, -0.2) is 0 Å². The third-order valence-electron chi connectivity index (χ3n) is 3.44. The van der Waals surface area contributed by atoms with Gasteiger partial charge in [0.2, 0.25) is 0 Å². The molecule has 0 amide bonds. The summed E-state index contributed by atoms with van der Waals surface area (Å²) in [6.07, 6.45) is 4.09. The van der Waals surface area contributed by atoms with E-state index in [4.69, 9.17) is 4.74 Å². The third-order valence-corrected chi connectivity index (χ3v) is 3.44. The van der Waals surface area contributed by atoms with Crippen molar-refractivity contribution in [1.82, 2.24) is 5.32 Å². The molecule has 0 rings (SSSR count). The summed E-state index contributed by atoms with van der Waals surface area (Å²) < 4.78 is 5.59. The molecule has 0 saturated carbocycles. The topological polar surface area (TPSA) is 21.3 Å². The molecule has 2 nitrogen and oxygen atoms in total. The average molecular weight is 215 g/mol. The van der Waals surface area contributed by atoms with Crippen LogP contribution in [0.3, 0.4) is 0 Å². The normalized spacial score (nSPS) is 16.0. The van der Waals surface area contributed by atoms with Gasteiger partial charge in [-0.15, -0.1) is 0 Å². The van der Waals surface area contributed by atoms with E-state index in [0.717, 1.165) is 5.92 Å². The summed E-state index contributed by atoms with van der Waals surface area (Å²) >= 11 is 0. The summed E-state index contributed by atoms with van der Waals surface area (Å²) in [6.45, 7) is 9.01. The summed E-state index contributed by atoms with van der Waals surface area (Å²) in [5.41, 5.74) is 0. The van der Waals surface area contributed by atoms with E-state index in [2.05, 4.69) is 33.0 Å². The van der Waals surface area contributed by atoms with Crippen LogP contribution in [0.5, 0.6) is 0 Å². The summed E-state index contributed by atoms with van der Waals surface area (Å²) in [4.78, 5) is 0. The number of likely N-dealkylation sites (N-methyl/N-ethyl adjacent to an activating group) is 1. The Labute approximate surface area is 95.8 Å². The molecular formula is C13H29NO. The lowest BCUT2D eigenvalue weighted by Gasteiger charge is -2.31. The predicted octanol–water partition coefficient (Wildman–Crippen LogP) is 3.07. The SMILES string of the molecule is CCC(CC)CC(NC)C(OC)C(C)C. The Kier molecular flexibility index (Phi) is 8.07. The van der Waals surface area contributed by atoms with E-state index in [9.17, 15) is 0 Å².